The molecule has 1 nitrogen and oxygen atoms in total. The zero-order valence-corrected chi connectivity index (χ0v) is 16.2. The molecule has 7 atom stereocenters. The minimum absolute atomic E-state index is 0.0453. The summed E-state index contributed by atoms with van der Waals surface area (Å²) < 4.78 is 0. The van der Waals surface area contributed by atoms with E-state index in [1.165, 1.54) is 38.5 Å². The molecule has 0 saturated heterocycles. The fraction of sp³-hybridized carbons (Fsp3) is 0.913. The highest BCUT2D eigenvalue weighted by molar-refractivity contribution is 5.23. The molecule has 0 spiro atoms. The van der Waals surface area contributed by atoms with Crippen molar-refractivity contribution in [1.29, 1.82) is 0 Å². The van der Waals surface area contributed by atoms with Crippen molar-refractivity contribution in [3.63, 3.8) is 0 Å². The molecule has 1 N–H and O–H groups in total. The first-order valence-corrected chi connectivity index (χ1v) is 10.4. The Morgan fingerprint density at radius 3 is 2.29 bits per heavy atom. The minimum Gasteiger partial charge on any atom is -0.377 e. The van der Waals surface area contributed by atoms with Gasteiger partial charge in [-0.05, 0) is 85.9 Å². The molecule has 0 aromatic carbocycles. The largest absolute Gasteiger partial charge is 0.377 e. The standard InChI is InChI=1S/C23H36O/c1-6-23(24)15-11-18-16-8-9-19-20(2,3)12-7-13-21(19,4)17(16)10-14-22(18,23)5/h1,16-19,24H,7-15H2,2-5H3/t16-,17-,18-,19-,21-,22+,23+/m1/s1. The molecule has 1 heteroatoms. The van der Waals surface area contributed by atoms with Crippen molar-refractivity contribution in [2.75, 3.05) is 0 Å². The molecule has 0 bridgehead atoms. The van der Waals surface area contributed by atoms with Gasteiger partial charge in [-0.3, -0.25) is 0 Å². The van der Waals surface area contributed by atoms with Crippen molar-refractivity contribution in [2.24, 2.45) is 39.9 Å². The number of fused-ring (bicyclic) bond motifs is 5. The van der Waals surface area contributed by atoms with Gasteiger partial charge >= 0.3 is 0 Å². The van der Waals surface area contributed by atoms with Crippen LogP contribution in [0.25, 0.3) is 0 Å². The van der Waals surface area contributed by atoms with Crippen LogP contribution >= 0.6 is 0 Å². The Hall–Kier alpha value is -0.480. The zero-order chi connectivity index (χ0) is 17.4. The Morgan fingerprint density at radius 2 is 1.58 bits per heavy atom. The number of aliphatic hydroxyl groups is 1. The molecule has 0 amide bonds. The van der Waals surface area contributed by atoms with Crippen LogP contribution in [0.3, 0.4) is 0 Å². The van der Waals surface area contributed by atoms with E-state index in [9.17, 15) is 5.11 Å². The predicted molar refractivity (Wildman–Crippen MR) is 99.3 cm³/mol. The SMILES string of the molecule is C#C[C@]1(O)CC[C@@H]2[C@@H]3CC[C@@H]4C(C)(C)CCC[C@]4(C)[C@@H]3CC[C@@]21C. The Morgan fingerprint density at radius 1 is 0.875 bits per heavy atom. The van der Waals surface area contributed by atoms with Gasteiger partial charge in [0.05, 0.1) is 0 Å². The minimum atomic E-state index is -0.855. The molecule has 24 heavy (non-hydrogen) atoms. The lowest BCUT2D eigenvalue weighted by atomic mass is 9.41. The molecule has 4 saturated carbocycles. The summed E-state index contributed by atoms with van der Waals surface area (Å²) in [6, 6.07) is 0. The van der Waals surface area contributed by atoms with E-state index in [0.717, 1.165) is 37.0 Å². The molecule has 4 rings (SSSR count). The van der Waals surface area contributed by atoms with Gasteiger partial charge in [0.25, 0.3) is 0 Å². The summed E-state index contributed by atoms with van der Waals surface area (Å²) in [6.45, 7) is 9.98. The maximum atomic E-state index is 11.1. The third kappa shape index (κ3) is 1.93. The molecule has 0 heterocycles. The van der Waals surface area contributed by atoms with Gasteiger partial charge in [0, 0.05) is 5.41 Å². The molecule has 0 aromatic rings. The van der Waals surface area contributed by atoms with E-state index in [1.807, 2.05) is 0 Å². The highest BCUT2D eigenvalue weighted by atomic mass is 16.3. The van der Waals surface area contributed by atoms with Crippen LogP contribution < -0.4 is 0 Å². The van der Waals surface area contributed by atoms with Crippen LogP contribution in [-0.2, 0) is 0 Å². The van der Waals surface area contributed by atoms with Crippen LogP contribution in [0.4, 0.5) is 0 Å². The first-order chi connectivity index (χ1) is 11.2. The lowest BCUT2D eigenvalue weighted by Gasteiger charge is -2.64. The normalized spacial score (nSPS) is 55.8. The van der Waals surface area contributed by atoms with Crippen LogP contribution in [0.2, 0.25) is 0 Å². The lowest BCUT2D eigenvalue weighted by molar-refractivity contribution is -0.159. The monoisotopic (exact) mass is 328 g/mol. The molecule has 134 valence electrons. The van der Waals surface area contributed by atoms with Gasteiger partial charge in [0.1, 0.15) is 5.60 Å². The lowest BCUT2D eigenvalue weighted by Crippen LogP contribution is -2.58. The Bertz CT molecular complexity index is 571. The molecule has 0 aromatic heterocycles. The van der Waals surface area contributed by atoms with Gasteiger partial charge in [-0.2, -0.15) is 0 Å². The maximum absolute atomic E-state index is 11.1. The molecule has 4 aliphatic rings. The number of hydrogen-bond acceptors (Lipinski definition) is 1. The summed E-state index contributed by atoms with van der Waals surface area (Å²) in [5, 5.41) is 11.1. The number of rotatable bonds is 0. The zero-order valence-electron chi connectivity index (χ0n) is 16.2. The van der Waals surface area contributed by atoms with E-state index in [0.29, 0.717) is 16.7 Å². The van der Waals surface area contributed by atoms with Gasteiger partial charge in [-0.1, -0.05) is 40.0 Å². The third-order valence-corrected chi connectivity index (χ3v) is 9.74. The Balaban J connectivity index is 1.68. The van der Waals surface area contributed by atoms with Gasteiger partial charge < -0.3 is 5.11 Å². The number of terminal acetylenes is 1. The fourth-order valence-electron chi connectivity index (χ4n) is 8.45. The van der Waals surface area contributed by atoms with Crippen molar-refractivity contribution in [3.05, 3.63) is 0 Å². The number of hydrogen-bond donors (Lipinski definition) is 1. The molecule has 0 aliphatic heterocycles. The van der Waals surface area contributed by atoms with Crippen LogP contribution in [0.1, 0.15) is 85.5 Å². The quantitative estimate of drug-likeness (QED) is 0.589. The van der Waals surface area contributed by atoms with Crippen LogP contribution in [0, 0.1) is 52.3 Å². The summed E-state index contributed by atoms with van der Waals surface area (Å²) in [4.78, 5) is 0. The average molecular weight is 329 g/mol. The van der Waals surface area contributed by atoms with Crippen molar-refractivity contribution >= 4 is 0 Å². The molecule has 4 fully saturated rings. The topological polar surface area (TPSA) is 20.2 Å². The van der Waals surface area contributed by atoms with Gasteiger partial charge in [0.2, 0.25) is 0 Å². The highest BCUT2D eigenvalue weighted by Crippen LogP contribution is 2.70. The van der Waals surface area contributed by atoms with E-state index in [4.69, 9.17) is 6.42 Å². The smallest absolute Gasteiger partial charge is 0.130 e. The van der Waals surface area contributed by atoms with E-state index in [1.54, 1.807) is 0 Å². The molecule has 0 unspecified atom stereocenters. The molecule has 4 aliphatic carbocycles. The molecule has 0 radical (unpaired) electrons. The van der Waals surface area contributed by atoms with Crippen LogP contribution in [0.5, 0.6) is 0 Å². The predicted octanol–water partition coefficient (Wildman–Crippen LogP) is 5.42. The first-order valence-electron chi connectivity index (χ1n) is 10.4. The van der Waals surface area contributed by atoms with Gasteiger partial charge in [-0.25, -0.2) is 0 Å². The maximum Gasteiger partial charge on any atom is 0.130 e. The second kappa shape index (κ2) is 5.03. The van der Waals surface area contributed by atoms with E-state index >= 15 is 0 Å². The fourth-order valence-corrected chi connectivity index (χ4v) is 8.45. The van der Waals surface area contributed by atoms with Crippen LogP contribution in [-0.4, -0.2) is 10.7 Å². The first kappa shape index (κ1) is 17.0. The second-order valence-corrected chi connectivity index (χ2v) is 10.9. The molecular formula is C23H36O. The van der Waals surface area contributed by atoms with E-state index < -0.39 is 5.60 Å². The highest BCUT2D eigenvalue weighted by Gasteiger charge is 2.65. The summed E-state index contributed by atoms with van der Waals surface area (Å²) >= 11 is 0. The van der Waals surface area contributed by atoms with Gasteiger partial charge in [-0.15, -0.1) is 6.42 Å². The Kier molecular flexibility index (Phi) is 3.56. The second-order valence-electron chi connectivity index (χ2n) is 10.9. The Labute approximate surface area is 149 Å². The van der Waals surface area contributed by atoms with Crippen molar-refractivity contribution in [1.82, 2.24) is 0 Å². The summed E-state index contributed by atoms with van der Waals surface area (Å²) in [6.07, 6.45) is 17.2. The van der Waals surface area contributed by atoms with Gasteiger partial charge in [0.15, 0.2) is 0 Å². The average Bonchev–Trinajstić information content (AvgIpc) is 2.79. The van der Waals surface area contributed by atoms with Crippen molar-refractivity contribution < 1.29 is 5.11 Å². The molecular weight excluding hydrogens is 292 g/mol. The van der Waals surface area contributed by atoms with Crippen molar-refractivity contribution in [3.8, 4) is 12.3 Å². The summed E-state index contributed by atoms with van der Waals surface area (Å²) in [5.74, 6) is 5.98. The van der Waals surface area contributed by atoms with E-state index in [-0.39, 0.29) is 5.41 Å². The summed E-state index contributed by atoms with van der Waals surface area (Å²) in [7, 11) is 0. The van der Waals surface area contributed by atoms with E-state index in [2.05, 4.69) is 33.6 Å². The summed E-state index contributed by atoms with van der Waals surface area (Å²) in [5.41, 5.74) is 0.124. The third-order valence-electron chi connectivity index (χ3n) is 9.74. The van der Waals surface area contributed by atoms with Crippen molar-refractivity contribution in [2.45, 2.75) is 91.1 Å². The van der Waals surface area contributed by atoms with Crippen LogP contribution in [0.15, 0.2) is 0 Å².